The number of nitrogen functional groups attached to an aromatic ring is 4. The number of H-pyrrole nitrogens is 4. The van der Waals surface area contributed by atoms with Crippen LogP contribution in [0.3, 0.4) is 0 Å². The van der Waals surface area contributed by atoms with E-state index < -0.39 is 65.1 Å². The van der Waals surface area contributed by atoms with Crippen LogP contribution in [0.1, 0.15) is 0 Å². The Morgan fingerprint density at radius 2 is 0.878 bits per heavy atom. The van der Waals surface area contributed by atoms with E-state index in [0.717, 1.165) is 10.0 Å². The fraction of sp³-hybridized carbons (Fsp3) is 0.333. The summed E-state index contributed by atoms with van der Waals surface area (Å²) in [4.78, 5) is 139. The molecule has 0 aliphatic rings. The van der Waals surface area contributed by atoms with Gasteiger partial charge in [-0.2, -0.15) is 19.9 Å². The van der Waals surface area contributed by atoms with Gasteiger partial charge in [0.15, 0.2) is 63.4 Å². The van der Waals surface area contributed by atoms with Gasteiger partial charge in [-0.3, -0.25) is 57.5 Å². The number of aromatic nitrogens is 19. The van der Waals surface area contributed by atoms with Crippen LogP contribution in [-0.2, 0) is 96.1 Å². The van der Waals surface area contributed by atoms with Crippen molar-refractivity contribution in [3.8, 4) is 0 Å². The zero-order chi connectivity index (χ0) is 64.1. The number of hydrogen-bond donors (Lipinski definition) is 13. The average molecular weight is 1410 g/mol. The summed E-state index contributed by atoms with van der Waals surface area (Å²) in [5.41, 5.74) is 29.8. The number of ether oxygens (including phenoxy) is 4. The van der Waals surface area contributed by atoms with E-state index in [0.29, 0.717) is 35.7 Å². The summed E-state index contributed by atoms with van der Waals surface area (Å²) in [5, 5.41) is 0. The van der Waals surface area contributed by atoms with Crippen molar-refractivity contribution in [3.05, 3.63) is 122 Å². The van der Waals surface area contributed by atoms with E-state index in [-0.39, 0.29) is 137 Å². The van der Waals surface area contributed by atoms with Crippen molar-refractivity contribution in [3.63, 3.8) is 0 Å². The molecule has 20 N–H and O–H groups in total. The summed E-state index contributed by atoms with van der Waals surface area (Å²) >= 11 is 0. The van der Waals surface area contributed by atoms with Gasteiger partial charge in [0.2, 0.25) is 23.8 Å². The molecule has 0 aromatic carbocycles. The summed E-state index contributed by atoms with van der Waals surface area (Å²) in [7, 11) is -11.7. The number of fused-ring (bicyclic) bond motifs is 4. The van der Waals surface area contributed by atoms with Gasteiger partial charge in [-0.15, -0.1) is 4.34 Å². The van der Waals surface area contributed by atoms with Crippen molar-refractivity contribution in [2.75, 3.05) is 93.7 Å². The van der Waals surface area contributed by atoms with Crippen LogP contribution < -0.4 is 54.4 Å². The maximum absolute atomic E-state index is 12.4. The maximum atomic E-state index is 12.4. The number of imidazole rings is 5. The molecule has 0 saturated carbocycles. The van der Waals surface area contributed by atoms with Gasteiger partial charge in [0.1, 0.15) is 32.9 Å². The first kappa shape index (κ1) is 73.1. The molecule has 3 atom stereocenters. The molecular weight excluding hydrogens is 1350 g/mol. The number of rotatable bonds is 23. The molecule has 0 aliphatic heterocycles. The number of pyridine rings is 1. The Bertz CT molecular complexity index is 4340. The monoisotopic (exact) mass is 1410 g/mol. The van der Waals surface area contributed by atoms with E-state index in [4.69, 9.17) is 62.1 Å². The SMILES string of the molecule is CN(C)c1cc[n+](P(=O)(O)COCCn2cnc3c(=O)[nH]c(N)nc32)cc1.Nc1nc2c(ncn2CCOCP(=O)(O)O)c(=O)[nH]1.Nc1nc2c(ncn2CCOCP(=O)(O)n2ccnc2)c(=O)[nH]1.[NH-]P(=O)(O)COCCn1cnc2c(=O)[nH]c(N)nc21.[NH2-].[Y]. The molecule has 0 bridgehead atoms. The van der Waals surface area contributed by atoms with E-state index in [2.05, 4.69) is 64.8 Å². The predicted molar refractivity (Wildman–Crippen MR) is 319 cm³/mol. The van der Waals surface area contributed by atoms with Crippen molar-refractivity contribution >= 4 is 104 Å². The summed E-state index contributed by atoms with van der Waals surface area (Å²) in [6.07, 6.45) is 10.9. The third kappa shape index (κ3) is 20.4. The van der Waals surface area contributed by atoms with Gasteiger partial charge in [-0.1, -0.05) is 0 Å². The number of nitrogens with two attached hydrogens (primary N) is 5. The molecule has 0 amide bonds. The van der Waals surface area contributed by atoms with Crippen LogP contribution >= 0.6 is 30.2 Å². The Kier molecular flexibility index (Phi) is 25.9. The van der Waals surface area contributed by atoms with Crippen LogP contribution in [0.2, 0.25) is 0 Å². The largest absolute Gasteiger partial charge is 0.693 e. The number of anilines is 5. The normalized spacial score (nSPS) is 13.3. The second kappa shape index (κ2) is 31.9. The van der Waals surface area contributed by atoms with Crippen LogP contribution in [0, 0.1) is 0 Å². The van der Waals surface area contributed by atoms with Gasteiger partial charge < -0.3 is 101 Å². The maximum Gasteiger partial charge on any atom is 0.480 e. The van der Waals surface area contributed by atoms with E-state index in [1.54, 1.807) is 33.7 Å². The first-order valence-corrected chi connectivity index (χ1v) is 32.3. The van der Waals surface area contributed by atoms with Crippen molar-refractivity contribution < 1.29 is 98.7 Å². The molecule has 0 saturated heterocycles. The van der Waals surface area contributed by atoms with Gasteiger partial charge in [-0.05, 0) is 0 Å². The third-order valence-electron chi connectivity index (χ3n) is 11.4. The summed E-state index contributed by atoms with van der Waals surface area (Å²) in [5.74, 6) is -0.0701. The minimum atomic E-state index is -4.17. The molecule has 48 heteroatoms. The first-order chi connectivity index (χ1) is 41.5. The molecule has 0 spiro atoms. The Morgan fingerprint density at radius 3 is 1.19 bits per heavy atom. The van der Waals surface area contributed by atoms with Crippen LogP contribution in [-0.4, -0.2) is 178 Å². The summed E-state index contributed by atoms with van der Waals surface area (Å²) in [6.45, 7) is 1.53. The van der Waals surface area contributed by atoms with E-state index in [1.807, 2.05) is 19.0 Å². The van der Waals surface area contributed by atoms with Crippen LogP contribution in [0.5, 0.6) is 0 Å². The van der Waals surface area contributed by atoms with Gasteiger partial charge in [0, 0.05) is 103 Å². The molecule has 10 aromatic rings. The Hall–Kier alpha value is -7.66. The van der Waals surface area contributed by atoms with Gasteiger partial charge in [0.25, 0.3) is 22.2 Å². The quantitative estimate of drug-likeness (QED) is 0.0266. The van der Waals surface area contributed by atoms with E-state index >= 15 is 0 Å². The molecule has 10 rings (SSSR count). The van der Waals surface area contributed by atoms with Crippen molar-refractivity contribution in [1.29, 1.82) is 0 Å². The molecular formula is C42H61N26O17P4Y-. The molecule has 10 aromatic heterocycles. The molecule has 485 valence electrons. The van der Waals surface area contributed by atoms with E-state index in [1.165, 1.54) is 57.5 Å². The molecule has 0 fully saturated rings. The van der Waals surface area contributed by atoms with Crippen molar-refractivity contribution in [1.82, 2.24) is 87.4 Å². The smallest absolute Gasteiger partial charge is 0.480 e. The molecule has 0 aliphatic carbocycles. The molecule has 10 heterocycles. The van der Waals surface area contributed by atoms with Crippen LogP contribution in [0.15, 0.2) is 87.7 Å². The Labute approximate surface area is 529 Å². The first-order valence-electron chi connectivity index (χ1n) is 25.1. The average Bonchev–Trinajstić information content (AvgIpc) is 2.33. The van der Waals surface area contributed by atoms with Crippen LogP contribution in [0.25, 0.3) is 56.3 Å². The van der Waals surface area contributed by atoms with Crippen molar-refractivity contribution in [2.24, 2.45) is 0 Å². The van der Waals surface area contributed by atoms with Crippen molar-refractivity contribution in [2.45, 2.75) is 26.2 Å². The number of nitrogens with zero attached hydrogens (tertiary/aromatic N) is 16. The molecule has 43 nitrogen and oxygen atoms in total. The molecule has 3 unspecified atom stereocenters. The number of nitrogens with one attached hydrogen (secondary N) is 5. The van der Waals surface area contributed by atoms with Gasteiger partial charge in [0.05, 0.1) is 51.7 Å². The Balaban J connectivity index is 0.000000219. The predicted octanol–water partition coefficient (Wildman–Crippen LogP) is -1.15. The summed E-state index contributed by atoms with van der Waals surface area (Å²) < 4.78 is 74.6. The van der Waals surface area contributed by atoms with Crippen LogP contribution in [0.4, 0.5) is 29.5 Å². The zero-order valence-corrected chi connectivity index (χ0v) is 53.8. The minimum Gasteiger partial charge on any atom is -0.693 e. The summed E-state index contributed by atoms with van der Waals surface area (Å²) in [6, 6.07) is 3.49. The van der Waals surface area contributed by atoms with E-state index in [9.17, 15) is 47.2 Å². The second-order valence-corrected chi connectivity index (χ2v) is 25.7. The van der Waals surface area contributed by atoms with Gasteiger partial charge >= 0.3 is 22.6 Å². The molecule has 90 heavy (non-hydrogen) atoms. The fourth-order valence-electron chi connectivity index (χ4n) is 7.42. The topological polar surface area (TPSA) is 647 Å². The molecule has 1 radical (unpaired) electrons. The fourth-order valence-corrected chi connectivity index (χ4v) is 10.2. The standard InChI is InChI=1S/C15H20N7O4P.C11H14N7O4P.C8H13N6O4P.C8H12N5O5P.H2N.Y/c1-20(2)11-3-5-22(6-4-11)27(24,25)10-26-8-7-21-9-17-12-13(21)18-15(16)19-14(12)23;12-11-15-9-8(10(19)16-11)14-6-17(9)3-4-22-7-23(20,21)18-2-1-13-5-18;9-8-12-6-5(7(15)13-8)11-3-14(6)1-2-18-4-19(10,16)17;9-8-11-6-5(7(14)12-8)10-3-13(6)1-2-18-4-19(15,16)17;;/h3-6,9H,7-8,10H2,1-2H3,(H3-,16,18,19,23,24,25);1-2,5-6H,3-4,7H2,(H,20,21)(H3,12,15,16,19);3H,1-2,4H2,(H6,9,10,12,13,15,16,17);3H,1-2,4H2,(H2,15,16,17)(H3,9,11,12,14);1H2;/q;;;;-1;. The second-order valence-electron chi connectivity index (χ2n) is 18.4. The third-order valence-corrected chi connectivity index (χ3v) is 15.5. The Morgan fingerprint density at radius 1 is 0.544 bits per heavy atom. The zero-order valence-electron chi connectivity index (χ0n) is 47.4. The minimum absolute atomic E-state index is 0. The van der Waals surface area contributed by atoms with Gasteiger partial charge in [-0.25, -0.2) is 29.5 Å². The number of hydrogen-bond acceptors (Lipinski definition) is 26. The number of aromatic amines is 4.